The van der Waals surface area contributed by atoms with E-state index in [0.29, 0.717) is 21.7 Å². The van der Waals surface area contributed by atoms with E-state index in [0.717, 1.165) is 45.9 Å². The number of hydrogen-bond acceptors (Lipinski definition) is 3. The zero-order valence-corrected chi connectivity index (χ0v) is 19.2. The molecule has 4 rings (SSSR count). The van der Waals surface area contributed by atoms with E-state index in [2.05, 4.69) is 31.1 Å². The van der Waals surface area contributed by atoms with E-state index in [4.69, 9.17) is 28.3 Å². The van der Waals surface area contributed by atoms with E-state index >= 15 is 0 Å². The fraction of sp³-hybridized carbons (Fsp3) is 0.240. The van der Waals surface area contributed by atoms with Crippen LogP contribution in [0.15, 0.2) is 54.9 Å². The molecule has 1 unspecified atom stereocenters. The van der Waals surface area contributed by atoms with E-state index < -0.39 is 0 Å². The highest BCUT2D eigenvalue weighted by molar-refractivity contribution is 6.34. The molecule has 4 nitrogen and oxygen atoms in total. The van der Waals surface area contributed by atoms with Crippen LogP contribution in [0, 0.1) is 12.8 Å². The number of carbonyl (C=O) groups is 1. The average Bonchev–Trinajstić information content (AvgIpc) is 3.14. The Bertz CT molecular complexity index is 1250. The van der Waals surface area contributed by atoms with Crippen molar-refractivity contribution >= 4 is 40.4 Å². The monoisotopic (exact) mass is 451 g/mol. The highest BCUT2D eigenvalue weighted by Gasteiger charge is 2.19. The number of fused-ring (bicyclic) bond motifs is 1. The van der Waals surface area contributed by atoms with Crippen molar-refractivity contribution in [1.29, 1.82) is 0 Å². The predicted molar refractivity (Wildman–Crippen MR) is 127 cm³/mol. The third-order valence-corrected chi connectivity index (χ3v) is 5.97. The van der Waals surface area contributed by atoms with Crippen molar-refractivity contribution < 1.29 is 4.79 Å². The minimum absolute atomic E-state index is 0.0140. The number of hydrogen-bond donors (Lipinski definition) is 0. The van der Waals surface area contributed by atoms with Crippen LogP contribution in [-0.2, 0) is 0 Å². The zero-order chi connectivity index (χ0) is 22.1. The maximum absolute atomic E-state index is 11.0. The largest absolute Gasteiger partial charge is 0.296 e. The molecular weight excluding hydrogens is 429 g/mol. The molecule has 0 N–H and O–H groups in total. The number of aldehydes is 1. The number of carbonyl (C=O) groups excluding carboxylic acids is 1. The summed E-state index contributed by atoms with van der Waals surface area (Å²) in [5, 5.41) is 7.20. The topological polar surface area (TPSA) is 47.8 Å². The molecule has 0 amide bonds. The molecule has 0 spiro atoms. The van der Waals surface area contributed by atoms with Crippen LogP contribution >= 0.6 is 23.2 Å². The van der Waals surface area contributed by atoms with Gasteiger partial charge in [0.1, 0.15) is 5.69 Å². The molecule has 0 aliphatic heterocycles. The molecule has 0 bridgehead atoms. The number of halogens is 2. The smallest absolute Gasteiger partial charge is 0.168 e. The van der Waals surface area contributed by atoms with Crippen molar-refractivity contribution in [2.45, 2.75) is 33.2 Å². The van der Waals surface area contributed by atoms with Gasteiger partial charge in [-0.1, -0.05) is 49.2 Å². The second-order valence-corrected chi connectivity index (χ2v) is 9.08. The first kappa shape index (κ1) is 21.5. The lowest BCUT2D eigenvalue weighted by atomic mass is 9.98. The quantitative estimate of drug-likeness (QED) is 0.292. The highest BCUT2D eigenvalue weighted by atomic mass is 35.5. The molecule has 2 heterocycles. The Morgan fingerprint density at radius 3 is 2.52 bits per heavy atom. The maximum atomic E-state index is 11.0. The van der Waals surface area contributed by atoms with Crippen molar-refractivity contribution in [3.63, 3.8) is 0 Å². The first-order valence-corrected chi connectivity index (χ1v) is 11.0. The lowest BCUT2D eigenvalue weighted by molar-refractivity contribution is 0.111. The molecule has 0 fully saturated rings. The number of nitrogens with zero attached hydrogens (tertiary/aromatic N) is 3. The van der Waals surface area contributed by atoms with E-state index in [1.807, 2.05) is 41.9 Å². The van der Waals surface area contributed by atoms with Gasteiger partial charge in [-0.15, -0.1) is 0 Å². The normalized spacial score (nSPS) is 12.5. The lowest BCUT2D eigenvalue weighted by Gasteiger charge is -2.20. The van der Waals surface area contributed by atoms with Crippen LogP contribution in [0.1, 0.15) is 47.9 Å². The molecule has 4 aromatic rings. The Balaban J connectivity index is 1.79. The summed E-state index contributed by atoms with van der Waals surface area (Å²) in [6, 6.07) is 13.5. The minimum Gasteiger partial charge on any atom is -0.296 e. The molecular formula is C25H23Cl2N3O. The Kier molecular flexibility index (Phi) is 6.12. The van der Waals surface area contributed by atoms with Gasteiger partial charge in [-0.05, 0) is 66.3 Å². The lowest BCUT2D eigenvalue weighted by Crippen LogP contribution is -2.14. The van der Waals surface area contributed by atoms with Crippen LogP contribution < -0.4 is 0 Å². The van der Waals surface area contributed by atoms with Gasteiger partial charge in [0, 0.05) is 28.4 Å². The van der Waals surface area contributed by atoms with Gasteiger partial charge in [-0.25, -0.2) is 0 Å². The van der Waals surface area contributed by atoms with Crippen LogP contribution in [0.2, 0.25) is 10.0 Å². The van der Waals surface area contributed by atoms with Gasteiger partial charge in [-0.3, -0.25) is 14.5 Å². The van der Waals surface area contributed by atoms with Crippen LogP contribution in [0.4, 0.5) is 0 Å². The summed E-state index contributed by atoms with van der Waals surface area (Å²) in [7, 11) is 0. The third-order valence-electron chi connectivity index (χ3n) is 5.42. The van der Waals surface area contributed by atoms with E-state index in [-0.39, 0.29) is 6.04 Å². The summed E-state index contributed by atoms with van der Waals surface area (Å²) in [5.41, 5.74) is 5.36. The molecule has 0 aliphatic carbocycles. The summed E-state index contributed by atoms with van der Waals surface area (Å²) in [5.74, 6) is 0.457. The van der Waals surface area contributed by atoms with E-state index in [1.165, 1.54) is 0 Å². The summed E-state index contributed by atoms with van der Waals surface area (Å²) >= 11 is 12.8. The van der Waals surface area contributed by atoms with Gasteiger partial charge in [0.25, 0.3) is 0 Å². The molecule has 0 radical (unpaired) electrons. The highest BCUT2D eigenvalue weighted by Crippen LogP contribution is 2.35. The van der Waals surface area contributed by atoms with Crippen LogP contribution in [0.25, 0.3) is 22.0 Å². The van der Waals surface area contributed by atoms with Gasteiger partial charge >= 0.3 is 0 Å². The van der Waals surface area contributed by atoms with Gasteiger partial charge < -0.3 is 0 Å². The fourth-order valence-electron chi connectivity index (χ4n) is 3.89. The van der Waals surface area contributed by atoms with Gasteiger partial charge in [0.15, 0.2) is 6.29 Å². The van der Waals surface area contributed by atoms with Crippen LogP contribution in [0.5, 0.6) is 0 Å². The second-order valence-electron chi connectivity index (χ2n) is 8.24. The first-order valence-electron chi connectivity index (χ1n) is 10.2. The molecule has 31 heavy (non-hydrogen) atoms. The summed E-state index contributed by atoms with van der Waals surface area (Å²) in [6.45, 7) is 6.39. The van der Waals surface area contributed by atoms with Gasteiger partial charge in [0.05, 0.1) is 16.6 Å². The number of aromatic nitrogens is 3. The third kappa shape index (κ3) is 4.51. The number of benzene rings is 2. The van der Waals surface area contributed by atoms with Crippen LogP contribution in [-0.4, -0.2) is 21.1 Å². The maximum Gasteiger partial charge on any atom is 0.168 e. The second kappa shape index (κ2) is 8.81. The van der Waals surface area contributed by atoms with Crippen LogP contribution in [0.3, 0.4) is 0 Å². The Labute approximate surface area is 191 Å². The number of aryl methyl sites for hydroxylation is 1. The number of pyridine rings is 1. The molecule has 1 atom stereocenters. The van der Waals surface area contributed by atoms with Crippen molar-refractivity contribution in [1.82, 2.24) is 14.8 Å². The average molecular weight is 452 g/mol. The fourth-order valence-corrected chi connectivity index (χ4v) is 4.37. The van der Waals surface area contributed by atoms with E-state index in [9.17, 15) is 4.79 Å². The predicted octanol–water partition coefficient (Wildman–Crippen LogP) is 7.16. The molecule has 6 heteroatoms. The summed E-state index contributed by atoms with van der Waals surface area (Å²) in [6.07, 6.45) is 5.47. The Hall–Kier alpha value is -2.69. The Morgan fingerprint density at radius 2 is 1.87 bits per heavy atom. The van der Waals surface area contributed by atoms with Crippen molar-refractivity contribution in [3.8, 4) is 11.1 Å². The summed E-state index contributed by atoms with van der Waals surface area (Å²) in [4.78, 5) is 15.2. The molecule has 0 saturated carbocycles. The molecule has 0 aliphatic rings. The standard InChI is InChI=1S/C25H23Cl2N3O/c1-15(2)8-25(17-4-6-20(14-31)28-12-17)30-13-18-10-22(23(27)11-24(18)29-30)21-7-5-19(26)9-16(21)3/h4-7,9-15,25H,8H2,1-3H3. The molecule has 0 saturated heterocycles. The first-order chi connectivity index (χ1) is 14.9. The minimum atomic E-state index is 0.0140. The SMILES string of the molecule is Cc1cc(Cl)ccc1-c1cc2cn(C(CC(C)C)c3ccc(C=O)nc3)nc2cc1Cl. The van der Waals surface area contributed by atoms with Crippen molar-refractivity contribution in [2.75, 3.05) is 0 Å². The van der Waals surface area contributed by atoms with Gasteiger partial charge in [0.2, 0.25) is 0 Å². The van der Waals surface area contributed by atoms with Crippen molar-refractivity contribution in [3.05, 3.63) is 81.7 Å². The summed E-state index contributed by atoms with van der Waals surface area (Å²) < 4.78 is 1.98. The molecule has 2 aromatic carbocycles. The molecule has 2 aromatic heterocycles. The Morgan fingerprint density at radius 1 is 1.06 bits per heavy atom. The number of rotatable bonds is 6. The van der Waals surface area contributed by atoms with E-state index in [1.54, 1.807) is 12.3 Å². The zero-order valence-electron chi connectivity index (χ0n) is 17.6. The molecule has 158 valence electrons. The van der Waals surface area contributed by atoms with Crippen molar-refractivity contribution in [2.24, 2.45) is 5.92 Å². The van der Waals surface area contributed by atoms with Gasteiger partial charge in [-0.2, -0.15) is 5.10 Å².